The summed E-state index contributed by atoms with van der Waals surface area (Å²) in [5, 5.41) is 18.4. The number of aryl methyl sites for hydroxylation is 1. The molecule has 0 aliphatic rings. The summed E-state index contributed by atoms with van der Waals surface area (Å²) in [4.78, 5) is 10.7. The Hall–Kier alpha value is -1.80. The van der Waals surface area contributed by atoms with E-state index in [-0.39, 0.29) is 12.2 Å². The monoisotopic (exact) mass is 307 g/mol. The fourth-order valence-corrected chi connectivity index (χ4v) is 1.68. The molecule has 0 aromatic heterocycles. The van der Waals surface area contributed by atoms with Crippen molar-refractivity contribution in [2.75, 3.05) is 0 Å². The zero-order chi connectivity index (χ0) is 16.1. The molecule has 0 aliphatic carbocycles. The maximum absolute atomic E-state index is 12.0. The van der Waals surface area contributed by atoms with E-state index in [0.717, 1.165) is 5.56 Å². The van der Waals surface area contributed by atoms with Gasteiger partial charge < -0.3 is 20.7 Å². The molecule has 0 unspecified atom stereocenters. The molecule has 0 fully saturated rings. The number of ether oxygens (including phenoxy) is 1. The van der Waals surface area contributed by atoms with Gasteiger partial charge in [0, 0.05) is 6.42 Å². The van der Waals surface area contributed by atoms with Crippen LogP contribution in [-0.4, -0.2) is 28.3 Å². The molecule has 1 amide bonds. The van der Waals surface area contributed by atoms with E-state index in [1.807, 2.05) is 0 Å². The first-order chi connectivity index (χ1) is 9.60. The molecule has 1 aromatic carbocycles. The van der Waals surface area contributed by atoms with Gasteiger partial charge >= 0.3 is 6.36 Å². The van der Waals surface area contributed by atoms with Gasteiger partial charge in [0.2, 0.25) is 5.79 Å². The SMILES string of the molecule is NC(=O)C(O)(O)CCCCc1ccc(OC(F)(F)F)cc1. The zero-order valence-corrected chi connectivity index (χ0v) is 11.1. The number of carbonyl (C=O) groups is 1. The highest BCUT2D eigenvalue weighted by Gasteiger charge is 2.31. The molecule has 0 saturated heterocycles. The molecule has 0 bridgehead atoms. The smallest absolute Gasteiger partial charge is 0.406 e. The van der Waals surface area contributed by atoms with Crippen molar-refractivity contribution in [3.63, 3.8) is 0 Å². The minimum absolute atomic E-state index is 0.197. The number of carbonyl (C=O) groups excluding carboxylic acids is 1. The lowest BCUT2D eigenvalue weighted by Gasteiger charge is -2.16. The van der Waals surface area contributed by atoms with Crippen LogP contribution in [0.3, 0.4) is 0 Å². The highest BCUT2D eigenvalue weighted by Crippen LogP contribution is 2.23. The number of hydrogen-bond acceptors (Lipinski definition) is 4. The van der Waals surface area contributed by atoms with Crippen LogP contribution in [0.25, 0.3) is 0 Å². The van der Waals surface area contributed by atoms with Crippen molar-refractivity contribution in [1.82, 2.24) is 0 Å². The zero-order valence-electron chi connectivity index (χ0n) is 11.1. The lowest BCUT2D eigenvalue weighted by Crippen LogP contribution is -2.43. The molecule has 0 spiro atoms. The molecule has 118 valence electrons. The van der Waals surface area contributed by atoms with Crippen LogP contribution in [0.4, 0.5) is 13.2 Å². The molecule has 5 nitrogen and oxygen atoms in total. The van der Waals surface area contributed by atoms with Gasteiger partial charge in [-0.15, -0.1) is 13.2 Å². The van der Waals surface area contributed by atoms with E-state index in [1.165, 1.54) is 24.3 Å². The number of halogens is 3. The Balaban J connectivity index is 2.38. The number of alkyl halides is 3. The number of benzene rings is 1. The third-order valence-corrected chi connectivity index (χ3v) is 2.79. The molecule has 0 aliphatic heterocycles. The minimum Gasteiger partial charge on any atom is -0.406 e. The van der Waals surface area contributed by atoms with E-state index < -0.39 is 18.1 Å². The van der Waals surface area contributed by atoms with Gasteiger partial charge in [-0.25, -0.2) is 0 Å². The molecule has 8 heteroatoms. The van der Waals surface area contributed by atoms with Gasteiger partial charge in [0.05, 0.1) is 0 Å². The highest BCUT2D eigenvalue weighted by atomic mass is 19.4. The summed E-state index contributed by atoms with van der Waals surface area (Å²) < 4.78 is 39.6. The van der Waals surface area contributed by atoms with E-state index in [0.29, 0.717) is 19.3 Å². The van der Waals surface area contributed by atoms with E-state index in [2.05, 4.69) is 4.74 Å². The van der Waals surface area contributed by atoms with E-state index >= 15 is 0 Å². The lowest BCUT2D eigenvalue weighted by molar-refractivity contribution is -0.274. The average molecular weight is 307 g/mol. The quantitative estimate of drug-likeness (QED) is 0.525. The van der Waals surface area contributed by atoms with Crippen LogP contribution >= 0.6 is 0 Å². The molecule has 0 atom stereocenters. The number of primary amides is 1. The van der Waals surface area contributed by atoms with Crippen molar-refractivity contribution in [1.29, 1.82) is 0 Å². The predicted octanol–water partition coefficient (Wildman–Crippen LogP) is 1.46. The third kappa shape index (κ3) is 6.46. The third-order valence-electron chi connectivity index (χ3n) is 2.79. The fourth-order valence-electron chi connectivity index (χ4n) is 1.68. The Bertz CT molecular complexity index is 471. The van der Waals surface area contributed by atoms with Crippen LogP contribution in [-0.2, 0) is 11.2 Å². The summed E-state index contributed by atoms with van der Waals surface area (Å²) >= 11 is 0. The molecule has 21 heavy (non-hydrogen) atoms. The van der Waals surface area contributed by atoms with E-state index in [1.54, 1.807) is 0 Å². The Kier molecular flexibility index (Phi) is 5.56. The van der Waals surface area contributed by atoms with Gasteiger partial charge in [-0.05, 0) is 37.0 Å². The maximum atomic E-state index is 12.0. The second kappa shape index (κ2) is 6.77. The Morgan fingerprint density at radius 2 is 1.71 bits per heavy atom. The van der Waals surface area contributed by atoms with Gasteiger partial charge in [-0.3, -0.25) is 4.79 Å². The molecule has 4 N–H and O–H groups in total. The van der Waals surface area contributed by atoms with Gasteiger partial charge in [0.1, 0.15) is 5.75 Å². The van der Waals surface area contributed by atoms with Crippen LogP contribution in [0.2, 0.25) is 0 Å². The van der Waals surface area contributed by atoms with Crippen LogP contribution in [0, 0.1) is 0 Å². The molecule has 0 saturated carbocycles. The van der Waals surface area contributed by atoms with Crippen molar-refractivity contribution in [2.24, 2.45) is 5.73 Å². The molecular weight excluding hydrogens is 291 g/mol. The van der Waals surface area contributed by atoms with Crippen LogP contribution in [0.15, 0.2) is 24.3 Å². The summed E-state index contributed by atoms with van der Waals surface area (Å²) in [6, 6.07) is 5.38. The Labute approximate surface area is 119 Å². The Morgan fingerprint density at radius 3 is 2.19 bits per heavy atom. The molecule has 0 heterocycles. The number of amides is 1. The first-order valence-corrected chi connectivity index (χ1v) is 6.19. The number of hydrogen-bond donors (Lipinski definition) is 3. The molecule has 0 radical (unpaired) electrons. The maximum Gasteiger partial charge on any atom is 0.573 e. The molecule has 1 aromatic rings. The summed E-state index contributed by atoms with van der Waals surface area (Å²) in [5.41, 5.74) is 5.55. The van der Waals surface area contributed by atoms with Crippen LogP contribution < -0.4 is 10.5 Å². The van der Waals surface area contributed by atoms with Crippen LogP contribution in [0.1, 0.15) is 24.8 Å². The van der Waals surface area contributed by atoms with Crippen molar-refractivity contribution in [2.45, 2.75) is 37.8 Å². The first kappa shape index (κ1) is 17.3. The van der Waals surface area contributed by atoms with Gasteiger partial charge in [0.15, 0.2) is 0 Å². The summed E-state index contributed by atoms with van der Waals surface area (Å²) in [6.07, 6.45) is -3.55. The summed E-state index contributed by atoms with van der Waals surface area (Å²) in [7, 11) is 0. The van der Waals surface area contributed by atoms with Crippen molar-refractivity contribution in [3.05, 3.63) is 29.8 Å². The van der Waals surface area contributed by atoms with Crippen molar-refractivity contribution < 1.29 is 32.9 Å². The normalized spacial score (nSPS) is 12.2. The summed E-state index contributed by atoms with van der Waals surface area (Å²) in [5.74, 6) is -4.04. The number of aliphatic hydroxyl groups is 2. The number of rotatable bonds is 7. The predicted molar refractivity (Wildman–Crippen MR) is 67.0 cm³/mol. The highest BCUT2D eigenvalue weighted by molar-refractivity contribution is 5.81. The second-order valence-electron chi connectivity index (χ2n) is 4.58. The number of nitrogens with two attached hydrogens (primary N) is 1. The van der Waals surface area contributed by atoms with E-state index in [4.69, 9.17) is 5.73 Å². The molecule has 1 rings (SSSR count). The fraction of sp³-hybridized carbons (Fsp3) is 0.462. The van der Waals surface area contributed by atoms with E-state index in [9.17, 15) is 28.2 Å². The van der Waals surface area contributed by atoms with Crippen LogP contribution in [0.5, 0.6) is 5.75 Å². The topological polar surface area (TPSA) is 92.8 Å². The molecular formula is C13H16F3NO4. The Morgan fingerprint density at radius 1 is 1.14 bits per heavy atom. The first-order valence-electron chi connectivity index (χ1n) is 6.19. The van der Waals surface area contributed by atoms with Gasteiger partial charge in [-0.2, -0.15) is 0 Å². The average Bonchev–Trinajstić information content (AvgIpc) is 2.34. The van der Waals surface area contributed by atoms with Gasteiger partial charge in [0.25, 0.3) is 5.91 Å². The van der Waals surface area contributed by atoms with Crippen molar-refractivity contribution in [3.8, 4) is 5.75 Å². The standard InChI is InChI=1S/C13H16F3NO4/c14-13(15,16)21-10-6-4-9(5-7-10)3-1-2-8-12(19,20)11(17)18/h4-7,19-20H,1-3,8H2,(H2,17,18). The second-order valence-corrected chi connectivity index (χ2v) is 4.58. The largest absolute Gasteiger partial charge is 0.573 e. The van der Waals surface area contributed by atoms with Crippen molar-refractivity contribution >= 4 is 5.91 Å². The lowest BCUT2D eigenvalue weighted by atomic mass is 10.0. The number of unbranched alkanes of at least 4 members (excludes halogenated alkanes) is 1. The van der Waals surface area contributed by atoms with Gasteiger partial charge in [-0.1, -0.05) is 12.1 Å². The minimum atomic E-state index is -4.72. The summed E-state index contributed by atoms with van der Waals surface area (Å²) in [6.45, 7) is 0.